The standard InChI is InChI=1S/C23H20O3/c1-25-23-10-6-5-9-21(23)22(24)16-13-18-11-14-20(15-12-18)26-17-19-7-3-2-4-8-19/h2-16H,17H2,1H3/b16-13-. The quantitative estimate of drug-likeness (QED) is 0.438. The molecule has 0 aliphatic heterocycles. The predicted octanol–water partition coefficient (Wildman–Crippen LogP) is 5.17. The number of ether oxygens (including phenoxy) is 2. The monoisotopic (exact) mass is 344 g/mol. The van der Waals surface area contributed by atoms with Crippen molar-refractivity contribution in [2.75, 3.05) is 7.11 Å². The molecule has 0 radical (unpaired) electrons. The summed E-state index contributed by atoms with van der Waals surface area (Å²) < 4.78 is 11.0. The van der Waals surface area contributed by atoms with E-state index in [0.717, 1.165) is 16.9 Å². The van der Waals surface area contributed by atoms with Gasteiger partial charge in [-0.25, -0.2) is 0 Å². The predicted molar refractivity (Wildman–Crippen MR) is 104 cm³/mol. The molecule has 26 heavy (non-hydrogen) atoms. The third-order valence-corrected chi connectivity index (χ3v) is 3.93. The molecule has 0 saturated heterocycles. The Kier molecular flexibility index (Phi) is 5.84. The fourth-order valence-corrected chi connectivity index (χ4v) is 2.53. The third kappa shape index (κ3) is 4.61. The van der Waals surface area contributed by atoms with Gasteiger partial charge in [0, 0.05) is 0 Å². The van der Waals surface area contributed by atoms with Crippen LogP contribution in [0.1, 0.15) is 21.5 Å². The highest BCUT2D eigenvalue weighted by Crippen LogP contribution is 2.19. The van der Waals surface area contributed by atoms with Crippen LogP contribution in [-0.4, -0.2) is 12.9 Å². The number of para-hydroxylation sites is 1. The Hall–Kier alpha value is -3.33. The minimum Gasteiger partial charge on any atom is -0.496 e. The molecular weight excluding hydrogens is 324 g/mol. The Morgan fingerprint density at radius 1 is 0.885 bits per heavy atom. The van der Waals surface area contributed by atoms with Gasteiger partial charge in [0.05, 0.1) is 12.7 Å². The van der Waals surface area contributed by atoms with E-state index in [4.69, 9.17) is 9.47 Å². The van der Waals surface area contributed by atoms with Crippen molar-refractivity contribution in [2.24, 2.45) is 0 Å². The first-order valence-electron chi connectivity index (χ1n) is 8.38. The SMILES string of the molecule is COc1ccccc1C(=O)/C=C\c1ccc(OCc2ccccc2)cc1. The first-order valence-corrected chi connectivity index (χ1v) is 8.38. The van der Waals surface area contributed by atoms with Crippen LogP contribution in [0.3, 0.4) is 0 Å². The highest BCUT2D eigenvalue weighted by atomic mass is 16.5. The molecule has 0 atom stereocenters. The fourth-order valence-electron chi connectivity index (χ4n) is 2.53. The molecule has 0 aliphatic rings. The second-order valence-corrected chi connectivity index (χ2v) is 5.74. The van der Waals surface area contributed by atoms with Gasteiger partial charge >= 0.3 is 0 Å². The van der Waals surface area contributed by atoms with Gasteiger partial charge in [-0.2, -0.15) is 0 Å². The lowest BCUT2D eigenvalue weighted by Crippen LogP contribution is -1.98. The van der Waals surface area contributed by atoms with Crippen LogP contribution < -0.4 is 9.47 Å². The van der Waals surface area contributed by atoms with E-state index in [1.807, 2.05) is 66.7 Å². The van der Waals surface area contributed by atoms with Crippen LogP contribution in [-0.2, 0) is 6.61 Å². The zero-order valence-corrected chi connectivity index (χ0v) is 14.6. The van der Waals surface area contributed by atoms with Crippen molar-refractivity contribution >= 4 is 11.9 Å². The van der Waals surface area contributed by atoms with E-state index in [9.17, 15) is 4.79 Å². The lowest BCUT2D eigenvalue weighted by molar-refractivity contribution is 0.104. The summed E-state index contributed by atoms with van der Waals surface area (Å²) >= 11 is 0. The summed E-state index contributed by atoms with van der Waals surface area (Å²) in [6, 6.07) is 24.9. The van der Waals surface area contributed by atoms with Gasteiger partial charge in [0.25, 0.3) is 0 Å². The van der Waals surface area contributed by atoms with Crippen LogP contribution in [0.5, 0.6) is 11.5 Å². The number of hydrogen-bond acceptors (Lipinski definition) is 3. The molecule has 0 bridgehead atoms. The normalized spacial score (nSPS) is 10.7. The second kappa shape index (κ2) is 8.67. The summed E-state index contributed by atoms with van der Waals surface area (Å²) in [5.41, 5.74) is 2.60. The molecule has 0 fully saturated rings. The molecule has 0 saturated carbocycles. The summed E-state index contributed by atoms with van der Waals surface area (Å²) in [5, 5.41) is 0. The Bertz CT molecular complexity index is 881. The van der Waals surface area contributed by atoms with Crippen molar-refractivity contribution in [3.63, 3.8) is 0 Å². The Labute approximate surface area is 153 Å². The molecule has 0 N–H and O–H groups in total. The third-order valence-electron chi connectivity index (χ3n) is 3.93. The summed E-state index contributed by atoms with van der Waals surface area (Å²) in [7, 11) is 1.56. The largest absolute Gasteiger partial charge is 0.496 e. The number of carbonyl (C=O) groups excluding carboxylic acids is 1. The van der Waals surface area contributed by atoms with E-state index < -0.39 is 0 Å². The first-order chi connectivity index (χ1) is 12.8. The molecule has 3 aromatic carbocycles. The molecule has 130 valence electrons. The van der Waals surface area contributed by atoms with Crippen molar-refractivity contribution in [3.05, 3.63) is 102 Å². The van der Waals surface area contributed by atoms with Crippen molar-refractivity contribution < 1.29 is 14.3 Å². The molecule has 3 aromatic rings. The van der Waals surface area contributed by atoms with Gasteiger partial charge in [-0.3, -0.25) is 4.79 Å². The van der Waals surface area contributed by atoms with Crippen molar-refractivity contribution in [1.82, 2.24) is 0 Å². The van der Waals surface area contributed by atoms with Gasteiger partial charge in [0.2, 0.25) is 0 Å². The van der Waals surface area contributed by atoms with E-state index in [1.165, 1.54) is 0 Å². The maximum atomic E-state index is 12.3. The Balaban J connectivity index is 1.61. The number of rotatable bonds is 7. The average Bonchev–Trinajstić information content (AvgIpc) is 2.72. The van der Waals surface area contributed by atoms with E-state index in [0.29, 0.717) is 17.9 Å². The number of hydrogen-bond donors (Lipinski definition) is 0. The summed E-state index contributed by atoms with van der Waals surface area (Å²) in [5.74, 6) is 1.28. The molecule has 0 aromatic heterocycles. The van der Waals surface area contributed by atoms with E-state index in [-0.39, 0.29) is 5.78 Å². The molecule has 0 unspecified atom stereocenters. The molecule has 0 spiro atoms. The van der Waals surface area contributed by atoms with E-state index in [1.54, 1.807) is 31.4 Å². The van der Waals surface area contributed by atoms with Gasteiger partial charge in [-0.1, -0.05) is 60.7 Å². The molecule has 0 aliphatic carbocycles. The molecule has 0 amide bonds. The zero-order valence-electron chi connectivity index (χ0n) is 14.6. The van der Waals surface area contributed by atoms with Crippen LogP contribution in [0.4, 0.5) is 0 Å². The molecule has 3 rings (SSSR count). The molecule has 0 heterocycles. The maximum Gasteiger partial charge on any atom is 0.189 e. The molecule has 3 nitrogen and oxygen atoms in total. The van der Waals surface area contributed by atoms with E-state index >= 15 is 0 Å². The number of ketones is 1. The lowest BCUT2D eigenvalue weighted by Gasteiger charge is -2.06. The van der Waals surface area contributed by atoms with Crippen LogP contribution in [0.15, 0.2) is 84.9 Å². The van der Waals surface area contributed by atoms with Gasteiger partial charge in [-0.05, 0) is 41.5 Å². The maximum absolute atomic E-state index is 12.3. The van der Waals surface area contributed by atoms with Crippen LogP contribution in [0.2, 0.25) is 0 Å². The van der Waals surface area contributed by atoms with Gasteiger partial charge in [-0.15, -0.1) is 0 Å². The van der Waals surface area contributed by atoms with Crippen LogP contribution >= 0.6 is 0 Å². The minimum absolute atomic E-state index is 0.0909. The average molecular weight is 344 g/mol. The number of allylic oxidation sites excluding steroid dienone is 1. The summed E-state index contributed by atoms with van der Waals surface area (Å²) in [6.45, 7) is 0.530. The lowest BCUT2D eigenvalue weighted by atomic mass is 10.1. The second-order valence-electron chi connectivity index (χ2n) is 5.74. The van der Waals surface area contributed by atoms with Crippen molar-refractivity contribution in [1.29, 1.82) is 0 Å². The van der Waals surface area contributed by atoms with Crippen molar-refractivity contribution in [2.45, 2.75) is 6.61 Å². The molecular formula is C23H20O3. The van der Waals surface area contributed by atoms with Crippen LogP contribution in [0.25, 0.3) is 6.08 Å². The van der Waals surface area contributed by atoms with Gasteiger partial charge < -0.3 is 9.47 Å². The number of methoxy groups -OCH3 is 1. The summed E-state index contributed by atoms with van der Waals surface area (Å²) in [4.78, 5) is 12.3. The van der Waals surface area contributed by atoms with Gasteiger partial charge in [0.1, 0.15) is 18.1 Å². The molecule has 3 heteroatoms. The van der Waals surface area contributed by atoms with Crippen LogP contribution in [0, 0.1) is 0 Å². The van der Waals surface area contributed by atoms with Crippen molar-refractivity contribution in [3.8, 4) is 11.5 Å². The Morgan fingerprint density at radius 3 is 2.31 bits per heavy atom. The highest BCUT2D eigenvalue weighted by Gasteiger charge is 2.07. The number of benzene rings is 3. The summed E-state index contributed by atoms with van der Waals surface area (Å²) in [6.07, 6.45) is 3.34. The van der Waals surface area contributed by atoms with Gasteiger partial charge in [0.15, 0.2) is 5.78 Å². The van der Waals surface area contributed by atoms with E-state index in [2.05, 4.69) is 0 Å². The minimum atomic E-state index is -0.0909. The smallest absolute Gasteiger partial charge is 0.189 e. The fraction of sp³-hybridized carbons (Fsp3) is 0.0870. The first kappa shape index (κ1) is 17.5. The zero-order chi connectivity index (χ0) is 18.2. The number of carbonyl (C=O) groups is 1. The topological polar surface area (TPSA) is 35.5 Å². The highest BCUT2D eigenvalue weighted by molar-refractivity contribution is 6.08. The Morgan fingerprint density at radius 2 is 1.58 bits per heavy atom.